The lowest BCUT2D eigenvalue weighted by Gasteiger charge is -2.35. The van der Waals surface area contributed by atoms with Crippen molar-refractivity contribution in [2.24, 2.45) is 11.8 Å². The van der Waals surface area contributed by atoms with Crippen molar-refractivity contribution in [3.63, 3.8) is 0 Å². The zero-order valence-corrected chi connectivity index (χ0v) is 18.2. The Balaban J connectivity index is 1.25. The molecule has 3 aromatic rings. The van der Waals surface area contributed by atoms with Crippen LogP contribution in [0, 0.1) is 11.8 Å². The number of carbonyl (C=O) groups excluding carboxylic acids is 2. The third-order valence-electron chi connectivity index (χ3n) is 6.65. The first-order chi connectivity index (χ1) is 15.7. The maximum Gasteiger partial charge on any atom is 0.229 e. The zero-order valence-electron chi connectivity index (χ0n) is 18.2. The van der Waals surface area contributed by atoms with Gasteiger partial charge in [0, 0.05) is 60.1 Å². The molecule has 32 heavy (non-hydrogen) atoms. The van der Waals surface area contributed by atoms with E-state index in [1.807, 2.05) is 41.3 Å². The number of para-hydroxylation sites is 1. The van der Waals surface area contributed by atoms with E-state index in [-0.39, 0.29) is 23.7 Å². The molecule has 0 aliphatic carbocycles. The van der Waals surface area contributed by atoms with Crippen molar-refractivity contribution in [2.45, 2.75) is 25.7 Å². The van der Waals surface area contributed by atoms with Gasteiger partial charge >= 0.3 is 0 Å². The Bertz CT molecular complexity index is 1080. The predicted molar refractivity (Wildman–Crippen MR) is 125 cm³/mol. The fourth-order valence-electron chi connectivity index (χ4n) is 4.83. The van der Waals surface area contributed by atoms with Gasteiger partial charge in [-0.1, -0.05) is 30.3 Å². The predicted octanol–water partition coefficient (Wildman–Crippen LogP) is 4.44. The van der Waals surface area contributed by atoms with Crippen LogP contribution in [0.4, 0.5) is 5.69 Å². The molecule has 2 amide bonds. The van der Waals surface area contributed by atoms with Crippen LogP contribution < -0.4 is 5.32 Å². The molecule has 0 bridgehead atoms. The average Bonchev–Trinajstić information content (AvgIpc) is 3.29. The summed E-state index contributed by atoms with van der Waals surface area (Å²) < 4.78 is 5.38. The maximum atomic E-state index is 13.0. The van der Waals surface area contributed by atoms with Gasteiger partial charge in [-0.05, 0) is 49.9 Å². The molecule has 1 unspecified atom stereocenters. The summed E-state index contributed by atoms with van der Waals surface area (Å²) in [7, 11) is 0. The Morgan fingerprint density at radius 2 is 1.81 bits per heavy atom. The second kappa shape index (κ2) is 9.17. The third kappa shape index (κ3) is 4.41. The molecule has 5 rings (SSSR count). The monoisotopic (exact) mass is 431 g/mol. The highest BCUT2D eigenvalue weighted by atomic mass is 16.5. The average molecular weight is 432 g/mol. The fourth-order valence-corrected chi connectivity index (χ4v) is 4.83. The molecule has 1 atom stereocenters. The van der Waals surface area contributed by atoms with Crippen molar-refractivity contribution in [1.82, 2.24) is 9.88 Å². The Morgan fingerprint density at radius 1 is 0.969 bits per heavy atom. The number of aromatic amines is 1. The first-order valence-corrected chi connectivity index (χ1v) is 11.5. The van der Waals surface area contributed by atoms with Crippen LogP contribution in [0.1, 0.15) is 25.7 Å². The molecule has 2 aliphatic heterocycles. The van der Waals surface area contributed by atoms with Crippen molar-refractivity contribution in [2.75, 3.05) is 31.6 Å². The Hall–Kier alpha value is -3.12. The van der Waals surface area contributed by atoms with Crippen molar-refractivity contribution in [1.29, 1.82) is 0 Å². The molecule has 1 aromatic heterocycles. The summed E-state index contributed by atoms with van der Waals surface area (Å²) in [4.78, 5) is 31.2. The van der Waals surface area contributed by atoms with Crippen LogP contribution in [0.5, 0.6) is 0 Å². The van der Waals surface area contributed by atoms with Gasteiger partial charge in [0.05, 0.1) is 5.92 Å². The molecule has 0 radical (unpaired) electrons. The minimum absolute atomic E-state index is 0.0109. The molecule has 6 heteroatoms. The fraction of sp³-hybridized carbons (Fsp3) is 0.385. The number of carbonyl (C=O) groups is 2. The summed E-state index contributed by atoms with van der Waals surface area (Å²) in [6.07, 6.45) is 3.24. The molecule has 2 fully saturated rings. The van der Waals surface area contributed by atoms with Crippen LogP contribution in [0.25, 0.3) is 22.2 Å². The molecule has 166 valence electrons. The molecular formula is C26H29N3O3. The van der Waals surface area contributed by atoms with Crippen molar-refractivity contribution < 1.29 is 14.3 Å². The molecule has 3 heterocycles. The molecule has 6 nitrogen and oxygen atoms in total. The summed E-state index contributed by atoms with van der Waals surface area (Å²) in [6, 6.07) is 18.2. The SMILES string of the molecule is O=C(Nc1cccc(-c2cc3ccccc3[nH]2)c1)C1CCCN(C(=O)C2CCOCC2)C1. The van der Waals surface area contributed by atoms with E-state index in [1.54, 1.807) is 0 Å². The van der Waals surface area contributed by atoms with Gasteiger partial charge in [0.2, 0.25) is 11.8 Å². The van der Waals surface area contributed by atoms with Gasteiger partial charge in [-0.3, -0.25) is 9.59 Å². The number of hydrogen-bond donors (Lipinski definition) is 2. The normalized spacial score (nSPS) is 19.8. The lowest BCUT2D eigenvalue weighted by Crippen LogP contribution is -2.46. The largest absolute Gasteiger partial charge is 0.381 e. The molecular weight excluding hydrogens is 402 g/mol. The molecule has 2 N–H and O–H groups in total. The van der Waals surface area contributed by atoms with E-state index in [9.17, 15) is 9.59 Å². The van der Waals surface area contributed by atoms with Gasteiger partial charge < -0.3 is 19.9 Å². The number of nitrogens with zero attached hydrogens (tertiary/aromatic N) is 1. The van der Waals surface area contributed by atoms with Crippen LogP contribution in [-0.4, -0.2) is 48.0 Å². The van der Waals surface area contributed by atoms with Crippen LogP contribution in [-0.2, 0) is 14.3 Å². The quantitative estimate of drug-likeness (QED) is 0.641. The van der Waals surface area contributed by atoms with Crippen molar-refractivity contribution in [3.05, 3.63) is 54.6 Å². The van der Waals surface area contributed by atoms with E-state index in [2.05, 4.69) is 28.5 Å². The van der Waals surface area contributed by atoms with Gasteiger partial charge in [0.15, 0.2) is 0 Å². The van der Waals surface area contributed by atoms with Crippen LogP contribution in [0.15, 0.2) is 54.6 Å². The Labute approximate surface area is 187 Å². The number of nitrogens with one attached hydrogen (secondary N) is 2. The first-order valence-electron chi connectivity index (χ1n) is 11.5. The van der Waals surface area contributed by atoms with E-state index in [1.165, 1.54) is 0 Å². The number of benzene rings is 2. The zero-order chi connectivity index (χ0) is 21.9. The highest BCUT2D eigenvalue weighted by Gasteiger charge is 2.32. The standard InChI is InChI=1S/C26H29N3O3/c30-25(21-7-4-12-29(17-21)26(31)18-10-13-32-14-11-18)27-22-8-3-6-19(15-22)24-16-20-5-1-2-9-23(20)28-24/h1-3,5-6,8-9,15-16,18,21,28H,4,7,10-14,17H2,(H,27,30). The lowest BCUT2D eigenvalue weighted by molar-refractivity contribution is -0.141. The van der Waals surface area contributed by atoms with E-state index >= 15 is 0 Å². The van der Waals surface area contributed by atoms with Gasteiger partial charge in [-0.15, -0.1) is 0 Å². The summed E-state index contributed by atoms with van der Waals surface area (Å²) in [5.41, 5.74) is 3.92. The minimum atomic E-state index is -0.177. The van der Waals surface area contributed by atoms with Gasteiger partial charge in [-0.25, -0.2) is 0 Å². The summed E-state index contributed by atoms with van der Waals surface area (Å²) in [6.45, 7) is 2.56. The number of likely N-dealkylation sites (tertiary alicyclic amines) is 1. The molecule has 0 spiro atoms. The van der Waals surface area contributed by atoms with Gasteiger partial charge in [0.1, 0.15) is 0 Å². The van der Waals surface area contributed by atoms with Crippen molar-refractivity contribution >= 4 is 28.4 Å². The summed E-state index contributed by atoms with van der Waals surface area (Å²) >= 11 is 0. The number of amides is 2. The Kier molecular flexibility index (Phi) is 5.95. The number of aromatic nitrogens is 1. The number of rotatable bonds is 4. The molecule has 0 saturated carbocycles. The Morgan fingerprint density at radius 3 is 2.66 bits per heavy atom. The number of ether oxygens (including phenoxy) is 1. The van der Waals surface area contributed by atoms with Gasteiger partial charge in [-0.2, -0.15) is 0 Å². The summed E-state index contributed by atoms with van der Waals surface area (Å²) in [5, 5.41) is 4.24. The highest BCUT2D eigenvalue weighted by molar-refractivity contribution is 5.94. The molecule has 2 aromatic carbocycles. The summed E-state index contributed by atoms with van der Waals surface area (Å²) in [5.74, 6) is 0.0395. The van der Waals surface area contributed by atoms with E-state index < -0.39 is 0 Å². The second-order valence-electron chi connectivity index (χ2n) is 8.85. The third-order valence-corrected chi connectivity index (χ3v) is 6.65. The first kappa shape index (κ1) is 20.8. The topological polar surface area (TPSA) is 74.4 Å². The molecule has 2 aliphatic rings. The van der Waals surface area contributed by atoms with Gasteiger partial charge in [0.25, 0.3) is 0 Å². The second-order valence-corrected chi connectivity index (χ2v) is 8.85. The lowest BCUT2D eigenvalue weighted by atomic mass is 9.93. The van der Waals surface area contributed by atoms with Crippen LogP contribution in [0.3, 0.4) is 0 Å². The number of hydrogen-bond acceptors (Lipinski definition) is 3. The van der Waals surface area contributed by atoms with E-state index in [0.29, 0.717) is 19.8 Å². The maximum absolute atomic E-state index is 13.0. The smallest absolute Gasteiger partial charge is 0.229 e. The number of anilines is 1. The number of fused-ring (bicyclic) bond motifs is 1. The van der Waals surface area contributed by atoms with Crippen molar-refractivity contribution in [3.8, 4) is 11.3 Å². The highest BCUT2D eigenvalue weighted by Crippen LogP contribution is 2.27. The number of piperidine rings is 1. The van der Waals surface area contributed by atoms with Crippen LogP contribution >= 0.6 is 0 Å². The number of H-pyrrole nitrogens is 1. The van der Waals surface area contributed by atoms with Crippen LogP contribution in [0.2, 0.25) is 0 Å². The minimum Gasteiger partial charge on any atom is -0.381 e. The van der Waals surface area contributed by atoms with E-state index in [4.69, 9.17) is 4.74 Å². The van der Waals surface area contributed by atoms with E-state index in [0.717, 1.165) is 60.1 Å². The molecule has 2 saturated heterocycles.